The first-order valence-electron chi connectivity index (χ1n) is 12.3. The molecule has 0 aromatic heterocycles. The summed E-state index contributed by atoms with van der Waals surface area (Å²) in [6, 6.07) is 15.9. The minimum Gasteiger partial charge on any atom is -0.495 e. The van der Waals surface area contributed by atoms with Gasteiger partial charge in [-0.25, -0.2) is 8.42 Å². The Morgan fingerprint density at radius 3 is 2.15 bits per heavy atom. The summed E-state index contributed by atoms with van der Waals surface area (Å²) in [5.74, 6) is -0.675. The van der Waals surface area contributed by atoms with Gasteiger partial charge in [0.25, 0.3) is 10.0 Å². The average Bonchev–Trinajstić information content (AvgIpc) is 2.91. The maximum atomic E-state index is 13.9. The zero-order valence-electron chi connectivity index (χ0n) is 22.4. The molecule has 0 fully saturated rings. The van der Waals surface area contributed by atoms with E-state index in [1.807, 2.05) is 0 Å². The van der Waals surface area contributed by atoms with Crippen molar-refractivity contribution in [2.45, 2.75) is 44.3 Å². The molecule has 0 saturated heterocycles. The summed E-state index contributed by atoms with van der Waals surface area (Å²) in [6.07, 6.45) is 0. The fourth-order valence-corrected chi connectivity index (χ4v) is 5.88. The molecule has 0 bridgehead atoms. The second-order valence-electron chi connectivity index (χ2n) is 9.25. The van der Waals surface area contributed by atoms with Crippen LogP contribution in [0.1, 0.15) is 26.3 Å². The second kappa shape index (κ2) is 13.6. The third-order valence-electron chi connectivity index (χ3n) is 5.97. The van der Waals surface area contributed by atoms with Crippen molar-refractivity contribution in [3.05, 3.63) is 87.4 Å². The molecule has 3 aromatic rings. The molecule has 0 radical (unpaired) electrons. The van der Waals surface area contributed by atoms with Crippen molar-refractivity contribution in [3.8, 4) is 5.75 Å². The summed E-state index contributed by atoms with van der Waals surface area (Å²) < 4.78 is 33.8. The molecule has 0 heterocycles. The van der Waals surface area contributed by atoms with Gasteiger partial charge in [0.1, 0.15) is 18.3 Å². The number of halogens is 3. The molecule has 0 aliphatic heterocycles. The highest BCUT2D eigenvalue weighted by atomic mass is 35.5. The molecule has 3 rings (SSSR count). The number of carbonyl (C=O) groups excluding carboxylic acids is 2. The van der Waals surface area contributed by atoms with Crippen molar-refractivity contribution in [1.82, 2.24) is 10.2 Å². The van der Waals surface area contributed by atoms with Gasteiger partial charge in [0.05, 0.1) is 32.8 Å². The van der Waals surface area contributed by atoms with Gasteiger partial charge in [-0.2, -0.15) is 0 Å². The fraction of sp³-hybridized carbons (Fsp3) is 0.286. The molecule has 8 nitrogen and oxygen atoms in total. The van der Waals surface area contributed by atoms with Crippen molar-refractivity contribution in [1.29, 1.82) is 0 Å². The number of nitrogens with one attached hydrogen (secondary N) is 1. The van der Waals surface area contributed by atoms with Crippen molar-refractivity contribution in [2.75, 3.05) is 18.0 Å². The zero-order valence-corrected chi connectivity index (χ0v) is 25.5. The lowest BCUT2D eigenvalue weighted by Crippen LogP contribution is -2.52. The van der Waals surface area contributed by atoms with E-state index < -0.39 is 34.4 Å². The van der Waals surface area contributed by atoms with E-state index in [-0.39, 0.29) is 33.2 Å². The van der Waals surface area contributed by atoms with E-state index in [2.05, 4.69) is 5.32 Å². The van der Waals surface area contributed by atoms with Crippen LogP contribution in [0.4, 0.5) is 5.69 Å². The van der Waals surface area contributed by atoms with Crippen LogP contribution in [0.15, 0.2) is 71.6 Å². The minimum absolute atomic E-state index is 0.0172. The maximum absolute atomic E-state index is 13.9. The Hall–Kier alpha value is -2.98. The van der Waals surface area contributed by atoms with Crippen LogP contribution < -0.4 is 14.4 Å². The second-order valence-corrected chi connectivity index (χ2v) is 12.3. The number of amides is 2. The topological polar surface area (TPSA) is 96.0 Å². The summed E-state index contributed by atoms with van der Waals surface area (Å²) >= 11 is 18.6. The predicted molar refractivity (Wildman–Crippen MR) is 159 cm³/mol. The lowest BCUT2D eigenvalue weighted by Gasteiger charge is -2.32. The molecule has 0 saturated carbocycles. The van der Waals surface area contributed by atoms with E-state index in [0.29, 0.717) is 16.3 Å². The molecule has 214 valence electrons. The molecule has 12 heteroatoms. The molecule has 1 atom stereocenters. The minimum atomic E-state index is -4.22. The molecule has 40 heavy (non-hydrogen) atoms. The third kappa shape index (κ3) is 7.60. The first kappa shape index (κ1) is 31.5. The summed E-state index contributed by atoms with van der Waals surface area (Å²) in [7, 11) is -2.78. The molecular formula is C28H30Cl3N3O5S. The highest BCUT2D eigenvalue weighted by Gasteiger charge is 2.33. The Labute approximate surface area is 249 Å². The summed E-state index contributed by atoms with van der Waals surface area (Å²) in [4.78, 5) is 28.2. The van der Waals surface area contributed by atoms with E-state index in [0.717, 1.165) is 4.31 Å². The van der Waals surface area contributed by atoms with Gasteiger partial charge in [-0.1, -0.05) is 59.1 Å². The van der Waals surface area contributed by atoms with Gasteiger partial charge in [0.15, 0.2) is 0 Å². The number of nitrogens with zero attached hydrogens (tertiary/aromatic N) is 2. The van der Waals surface area contributed by atoms with Crippen molar-refractivity contribution >= 4 is 62.3 Å². The van der Waals surface area contributed by atoms with Crippen LogP contribution in [-0.2, 0) is 26.2 Å². The Balaban J connectivity index is 2.07. The third-order valence-corrected chi connectivity index (χ3v) is 8.79. The van der Waals surface area contributed by atoms with Crippen LogP contribution in [0.25, 0.3) is 0 Å². The van der Waals surface area contributed by atoms with E-state index in [9.17, 15) is 18.0 Å². The molecule has 0 aliphatic carbocycles. The normalized spacial score (nSPS) is 12.1. The number of ether oxygens (including phenoxy) is 1. The van der Waals surface area contributed by atoms with Crippen LogP contribution in [0.5, 0.6) is 5.75 Å². The van der Waals surface area contributed by atoms with E-state index in [1.165, 1.54) is 42.3 Å². The predicted octanol–water partition coefficient (Wildman–Crippen LogP) is 5.79. The van der Waals surface area contributed by atoms with Crippen molar-refractivity contribution in [2.24, 2.45) is 0 Å². The van der Waals surface area contributed by atoms with Gasteiger partial charge in [0, 0.05) is 12.6 Å². The maximum Gasteiger partial charge on any atom is 0.264 e. The van der Waals surface area contributed by atoms with E-state index in [4.69, 9.17) is 39.5 Å². The molecular weight excluding hydrogens is 597 g/mol. The average molecular weight is 627 g/mol. The summed E-state index contributed by atoms with van der Waals surface area (Å²) in [5.41, 5.74) is 0.758. The number of sulfonamides is 1. The molecule has 3 aromatic carbocycles. The highest BCUT2D eigenvalue weighted by molar-refractivity contribution is 7.92. The fourth-order valence-electron chi connectivity index (χ4n) is 3.88. The van der Waals surface area contributed by atoms with Crippen LogP contribution >= 0.6 is 34.8 Å². The van der Waals surface area contributed by atoms with Crippen molar-refractivity contribution < 1.29 is 22.7 Å². The summed E-state index contributed by atoms with van der Waals surface area (Å²) in [6.45, 7) is 4.55. The van der Waals surface area contributed by atoms with Gasteiger partial charge < -0.3 is 15.0 Å². The standard InChI is InChI=1S/C28H30Cl3N3O5S/c1-18(2)32-28(36)19(3)33(16-20-10-12-23(29)24(30)14-20)27(35)17-34(21-11-13-26(39-4)25(31)15-21)40(37,38)22-8-6-5-7-9-22/h5-15,18-19H,16-17H2,1-4H3,(H,32,36)/t19-/m1/s1. The lowest BCUT2D eigenvalue weighted by molar-refractivity contribution is -0.139. The first-order chi connectivity index (χ1) is 18.8. The molecule has 2 amide bonds. The zero-order chi connectivity index (χ0) is 29.6. The number of carbonyl (C=O) groups is 2. The van der Waals surface area contributed by atoms with E-state index >= 15 is 0 Å². The van der Waals surface area contributed by atoms with Crippen LogP contribution in [0, 0.1) is 0 Å². The van der Waals surface area contributed by atoms with Crippen LogP contribution in [0.3, 0.4) is 0 Å². The number of hydrogen-bond acceptors (Lipinski definition) is 5. The SMILES string of the molecule is COc1ccc(N(CC(=O)N(Cc2ccc(Cl)c(Cl)c2)[C@H](C)C(=O)NC(C)C)S(=O)(=O)c2ccccc2)cc1Cl. The van der Waals surface area contributed by atoms with Gasteiger partial charge in [-0.05, 0) is 68.8 Å². The molecule has 1 N–H and O–H groups in total. The van der Waals surface area contributed by atoms with Crippen LogP contribution in [-0.4, -0.2) is 50.9 Å². The van der Waals surface area contributed by atoms with Gasteiger partial charge in [-0.15, -0.1) is 0 Å². The Morgan fingerprint density at radius 1 is 0.900 bits per heavy atom. The van der Waals surface area contributed by atoms with Crippen LogP contribution in [0.2, 0.25) is 15.1 Å². The molecule has 0 unspecified atom stereocenters. The Morgan fingerprint density at radius 2 is 1.57 bits per heavy atom. The molecule has 0 spiro atoms. The Bertz CT molecular complexity index is 1470. The first-order valence-corrected chi connectivity index (χ1v) is 14.9. The quantitative estimate of drug-likeness (QED) is 0.291. The highest BCUT2D eigenvalue weighted by Crippen LogP contribution is 2.32. The van der Waals surface area contributed by atoms with E-state index in [1.54, 1.807) is 57.2 Å². The largest absolute Gasteiger partial charge is 0.495 e. The smallest absolute Gasteiger partial charge is 0.264 e. The van der Waals surface area contributed by atoms with Gasteiger partial charge >= 0.3 is 0 Å². The summed E-state index contributed by atoms with van der Waals surface area (Å²) in [5, 5.41) is 3.59. The Kier molecular flexibility index (Phi) is 10.7. The van der Waals surface area contributed by atoms with Crippen molar-refractivity contribution in [3.63, 3.8) is 0 Å². The number of hydrogen-bond donors (Lipinski definition) is 1. The number of benzene rings is 3. The number of methoxy groups -OCH3 is 1. The number of anilines is 1. The monoisotopic (exact) mass is 625 g/mol. The number of rotatable bonds is 11. The molecule has 0 aliphatic rings. The lowest BCUT2D eigenvalue weighted by atomic mass is 10.1. The van der Waals surface area contributed by atoms with Gasteiger partial charge in [-0.3, -0.25) is 13.9 Å². The van der Waals surface area contributed by atoms with Gasteiger partial charge in [0.2, 0.25) is 11.8 Å².